The fourth-order valence-electron chi connectivity index (χ4n) is 7.58. The van der Waals surface area contributed by atoms with Crippen LogP contribution in [0.3, 0.4) is 0 Å². The molecule has 4 rings (SSSR count). The molecule has 0 fully saturated rings. The first-order valence-corrected chi connectivity index (χ1v) is 26.0. The van der Waals surface area contributed by atoms with Crippen molar-refractivity contribution in [1.82, 2.24) is 41.0 Å². The quantitative estimate of drug-likeness (QED) is 0.0189. The van der Waals surface area contributed by atoms with Crippen LogP contribution in [0.1, 0.15) is 101 Å². The fourth-order valence-corrected chi connectivity index (χ4v) is 7.70. The molecule has 19 N–H and O–H groups in total. The van der Waals surface area contributed by atoms with Gasteiger partial charge >= 0.3 is 0 Å². The average molecular weight is 1080 g/mol. The SMILES string of the molecule is N=C(N)N(CCCCc1ccc(OCCN(CCCNC(=O)[C@@H](N)CCCCN=C(N)NC(=O)c2ccccc2)CCCNC(=O)[C@@H](N)CCCCN=C(N)NC(=O)c2ccccc2)cc1)C(=O)c1nc(Cl)c(N)nc1N. The topological polar surface area (TPSA) is 406 Å². The number of nitrogens with zero attached hydrogens (tertiary/aromatic N) is 6. The Balaban J connectivity index is 1.19. The Hall–Kier alpha value is -7.93. The molecule has 416 valence electrons. The predicted molar refractivity (Wildman–Crippen MR) is 300 cm³/mol. The summed E-state index contributed by atoms with van der Waals surface area (Å²) in [6.07, 6.45) is 6.62. The van der Waals surface area contributed by atoms with Crippen molar-refractivity contribution >= 4 is 70.7 Å². The molecule has 0 aliphatic carbocycles. The predicted octanol–water partition coefficient (Wildman–Crippen LogP) is 1.83. The van der Waals surface area contributed by atoms with Crippen LogP contribution in [0.4, 0.5) is 11.6 Å². The third kappa shape index (κ3) is 23.2. The number of anilines is 2. The highest BCUT2D eigenvalue weighted by Crippen LogP contribution is 2.20. The molecule has 0 spiro atoms. The number of aromatic nitrogens is 2. The Bertz CT molecular complexity index is 2470. The molecule has 0 radical (unpaired) electrons. The van der Waals surface area contributed by atoms with Crippen LogP contribution in [0.2, 0.25) is 5.15 Å². The minimum Gasteiger partial charge on any atom is -0.492 e. The van der Waals surface area contributed by atoms with E-state index in [0.717, 1.165) is 10.5 Å². The highest BCUT2D eigenvalue weighted by Gasteiger charge is 2.24. The number of benzene rings is 3. The van der Waals surface area contributed by atoms with E-state index in [1.807, 2.05) is 36.4 Å². The second kappa shape index (κ2) is 33.9. The first-order valence-electron chi connectivity index (χ1n) is 25.6. The van der Waals surface area contributed by atoms with Crippen molar-refractivity contribution in [3.8, 4) is 5.75 Å². The number of nitrogens with two attached hydrogens (primary N) is 7. The summed E-state index contributed by atoms with van der Waals surface area (Å²) in [7, 11) is 0. The summed E-state index contributed by atoms with van der Waals surface area (Å²) in [5, 5.41) is 18.8. The van der Waals surface area contributed by atoms with Crippen molar-refractivity contribution in [3.63, 3.8) is 0 Å². The number of amides is 5. The molecule has 4 aromatic rings. The molecule has 77 heavy (non-hydrogen) atoms. The third-order valence-electron chi connectivity index (χ3n) is 11.9. The molecule has 3 aromatic carbocycles. The molecule has 2 atom stereocenters. The van der Waals surface area contributed by atoms with Crippen LogP contribution >= 0.6 is 11.6 Å². The van der Waals surface area contributed by atoms with Crippen LogP contribution in [0.25, 0.3) is 0 Å². The van der Waals surface area contributed by atoms with Crippen LogP contribution in [-0.2, 0) is 16.0 Å². The third-order valence-corrected chi connectivity index (χ3v) is 12.2. The lowest BCUT2D eigenvalue weighted by Crippen LogP contribution is -2.42. The van der Waals surface area contributed by atoms with E-state index in [1.165, 1.54) is 0 Å². The summed E-state index contributed by atoms with van der Waals surface area (Å²) in [4.78, 5) is 82.8. The van der Waals surface area contributed by atoms with E-state index in [1.54, 1.807) is 48.5 Å². The molecular weight excluding hydrogens is 1010 g/mol. The van der Waals surface area contributed by atoms with Crippen molar-refractivity contribution in [3.05, 3.63) is 112 Å². The number of aryl methyl sites for hydroxylation is 1. The van der Waals surface area contributed by atoms with Crippen molar-refractivity contribution in [2.75, 3.05) is 70.4 Å². The first kappa shape index (κ1) is 61.6. The van der Waals surface area contributed by atoms with E-state index in [9.17, 15) is 24.0 Å². The van der Waals surface area contributed by atoms with E-state index < -0.39 is 24.0 Å². The highest BCUT2D eigenvalue weighted by atomic mass is 35.5. The van der Waals surface area contributed by atoms with Crippen LogP contribution in [0, 0.1) is 5.41 Å². The number of aliphatic imine (C=N–C) groups is 2. The van der Waals surface area contributed by atoms with Crippen LogP contribution in [-0.4, -0.2) is 138 Å². The van der Waals surface area contributed by atoms with Crippen molar-refractivity contribution in [1.29, 1.82) is 5.41 Å². The molecule has 0 saturated carbocycles. The second-order valence-corrected chi connectivity index (χ2v) is 18.3. The molecule has 0 unspecified atom stereocenters. The molecule has 5 amide bonds. The van der Waals surface area contributed by atoms with Crippen LogP contribution < -0.4 is 66.1 Å². The Labute approximate surface area is 454 Å². The van der Waals surface area contributed by atoms with Gasteiger partial charge in [-0.25, -0.2) is 9.97 Å². The number of ether oxygens (including phenoxy) is 1. The summed E-state index contributed by atoms with van der Waals surface area (Å²) in [5.74, 6) is -1.95. The maximum absolute atomic E-state index is 13.1. The molecule has 1 heterocycles. The zero-order chi connectivity index (χ0) is 56.0. The van der Waals surface area contributed by atoms with Crippen molar-refractivity contribution < 1.29 is 28.7 Å². The number of rotatable bonds is 32. The lowest BCUT2D eigenvalue weighted by Gasteiger charge is -2.23. The number of nitrogens with one attached hydrogen (secondary N) is 5. The maximum Gasteiger partial charge on any atom is 0.283 e. The van der Waals surface area contributed by atoms with Gasteiger partial charge in [-0.15, -0.1) is 0 Å². The summed E-state index contributed by atoms with van der Waals surface area (Å²) in [5.41, 5.74) is 43.1. The lowest BCUT2D eigenvalue weighted by atomic mass is 10.1. The highest BCUT2D eigenvalue weighted by molar-refractivity contribution is 6.31. The number of halogens is 1. The van der Waals surface area contributed by atoms with E-state index in [2.05, 4.69) is 46.1 Å². The number of guanidine groups is 3. The molecule has 24 nitrogen and oxygen atoms in total. The van der Waals surface area contributed by atoms with Gasteiger partial charge < -0.3 is 55.5 Å². The Morgan fingerprint density at radius 3 is 1.62 bits per heavy atom. The number of carbonyl (C=O) groups is 5. The minimum absolute atomic E-state index is 0.0235. The van der Waals surface area contributed by atoms with Gasteiger partial charge in [-0.1, -0.05) is 60.1 Å². The van der Waals surface area contributed by atoms with Crippen LogP contribution in [0.5, 0.6) is 5.75 Å². The van der Waals surface area contributed by atoms with Gasteiger partial charge in [0.25, 0.3) is 17.7 Å². The normalized spacial score (nSPS) is 12.3. The minimum atomic E-state index is -0.700. The van der Waals surface area contributed by atoms with Gasteiger partial charge in [0.1, 0.15) is 12.4 Å². The van der Waals surface area contributed by atoms with Gasteiger partial charge in [-0.05, 0) is 126 Å². The zero-order valence-corrected chi connectivity index (χ0v) is 44.2. The molecule has 25 heteroatoms. The molecule has 0 bridgehead atoms. The van der Waals surface area contributed by atoms with E-state index in [4.69, 9.17) is 61.9 Å². The summed E-state index contributed by atoms with van der Waals surface area (Å²) >= 11 is 5.95. The van der Waals surface area contributed by atoms with E-state index >= 15 is 0 Å². The summed E-state index contributed by atoms with van der Waals surface area (Å²) in [6, 6.07) is 23.7. The summed E-state index contributed by atoms with van der Waals surface area (Å²) < 4.78 is 6.13. The van der Waals surface area contributed by atoms with Gasteiger partial charge in [0.05, 0.1) is 12.1 Å². The standard InChI is InChI=1S/C52H75ClN18O6/c53-42-44(57)67-43(56)41(66-42)49(76)71(50(58)59)32-12-9-15-35-22-24-38(25-23-35)77-34-33-70(30-13-28-62-47(74)39(54)20-7-10-26-64-51(60)68-45(72)36-16-3-1-4-17-36)31-14-29-63-48(75)40(55)21-8-11-27-65-52(61)69-46(73)37-18-5-2-6-19-37/h1-6,16-19,22-25,39-40H,7-15,20-21,26-34,54-55H2,(H3,58,59)(H,62,74)(H,63,75)(H4,56,57,67)(H3,60,64,68,72)(H3,61,65,69,73)/t39-,40-/m0/s1. The molecule has 0 aliphatic rings. The van der Waals surface area contributed by atoms with Gasteiger partial charge in [0.2, 0.25) is 11.8 Å². The molecule has 0 aliphatic heterocycles. The van der Waals surface area contributed by atoms with Crippen molar-refractivity contribution in [2.24, 2.45) is 38.7 Å². The Kier molecular flexibility index (Phi) is 27.1. The van der Waals surface area contributed by atoms with Gasteiger partial charge in [-0.3, -0.25) is 59.8 Å². The fraction of sp³-hybridized carbons (Fsp3) is 0.423. The monoisotopic (exact) mass is 1080 g/mol. The largest absolute Gasteiger partial charge is 0.492 e. The maximum atomic E-state index is 13.1. The number of hydrogen-bond donors (Lipinski definition) is 12. The number of carbonyl (C=O) groups excluding carboxylic acids is 5. The second-order valence-electron chi connectivity index (χ2n) is 17.9. The molecular formula is C52H75ClN18O6. The van der Waals surface area contributed by atoms with E-state index in [0.29, 0.717) is 140 Å². The number of hydrogen-bond acceptors (Lipinski definition) is 16. The molecule has 0 saturated heterocycles. The van der Waals surface area contributed by atoms with Gasteiger partial charge in [0, 0.05) is 50.4 Å². The van der Waals surface area contributed by atoms with Crippen LogP contribution in [0.15, 0.2) is 94.9 Å². The Morgan fingerprint density at radius 2 is 1.13 bits per heavy atom. The zero-order valence-electron chi connectivity index (χ0n) is 43.4. The first-order chi connectivity index (χ1) is 37.0. The number of unbranched alkanes of at least 4 members (excludes halogenated alkanes) is 3. The summed E-state index contributed by atoms with van der Waals surface area (Å²) in [6.45, 7) is 3.92. The van der Waals surface area contributed by atoms with E-state index in [-0.39, 0.29) is 64.6 Å². The smallest absolute Gasteiger partial charge is 0.283 e. The Morgan fingerprint density at radius 1 is 0.623 bits per heavy atom. The number of nitrogen functional groups attached to an aromatic ring is 2. The molecule has 1 aromatic heterocycles. The lowest BCUT2D eigenvalue weighted by molar-refractivity contribution is -0.123. The average Bonchev–Trinajstić information content (AvgIpc) is 3.42. The van der Waals surface area contributed by atoms with Gasteiger partial charge in [0.15, 0.2) is 40.4 Å². The van der Waals surface area contributed by atoms with Crippen molar-refractivity contribution in [2.45, 2.75) is 82.7 Å². The van der Waals surface area contributed by atoms with Gasteiger partial charge in [-0.2, -0.15) is 0 Å².